The van der Waals surface area contributed by atoms with Crippen LogP contribution in [0.5, 0.6) is 5.75 Å². The maximum Gasteiger partial charge on any atom is 0.221 e. The molecule has 0 heterocycles. The van der Waals surface area contributed by atoms with Crippen molar-refractivity contribution < 1.29 is 9.53 Å². The highest BCUT2D eigenvalue weighted by Gasteiger charge is 2.13. The van der Waals surface area contributed by atoms with Crippen molar-refractivity contribution in [2.75, 3.05) is 13.7 Å². The first-order valence-corrected chi connectivity index (χ1v) is 6.84. The van der Waals surface area contributed by atoms with Gasteiger partial charge in [0.05, 0.1) is 13.2 Å². The van der Waals surface area contributed by atoms with Crippen molar-refractivity contribution in [3.8, 4) is 5.75 Å². The summed E-state index contributed by atoms with van der Waals surface area (Å²) in [6, 6.07) is 7.90. The van der Waals surface area contributed by atoms with Gasteiger partial charge in [-0.15, -0.1) is 12.4 Å². The molecule has 4 nitrogen and oxygen atoms in total. The summed E-state index contributed by atoms with van der Waals surface area (Å²) in [5.41, 5.74) is 6.52. The highest BCUT2D eigenvalue weighted by molar-refractivity contribution is 5.85. The van der Waals surface area contributed by atoms with Gasteiger partial charge < -0.3 is 15.8 Å². The first-order chi connectivity index (χ1) is 9.21. The Bertz CT molecular complexity index is 382. The second-order valence-corrected chi connectivity index (χ2v) is 4.57. The fourth-order valence-electron chi connectivity index (χ4n) is 1.96. The molecular weight excluding hydrogens is 276 g/mol. The molecule has 1 rings (SSSR count). The standard InChI is InChI=1S/C15H24N2O2.ClH/c1-3-4-5-14(17-15(18)10-11-16)12-6-8-13(19-2)9-7-12;/h6-9,14H,3-5,10-11,16H2,1-2H3,(H,17,18);1H. The largest absolute Gasteiger partial charge is 0.497 e. The average molecular weight is 301 g/mol. The molecule has 0 saturated heterocycles. The lowest BCUT2D eigenvalue weighted by molar-refractivity contribution is -0.121. The number of unbranched alkanes of at least 4 members (excludes halogenated alkanes) is 1. The number of ether oxygens (including phenoxy) is 1. The zero-order valence-electron chi connectivity index (χ0n) is 12.2. The van der Waals surface area contributed by atoms with Crippen molar-refractivity contribution in [1.82, 2.24) is 5.32 Å². The summed E-state index contributed by atoms with van der Waals surface area (Å²) in [5, 5.41) is 3.05. The van der Waals surface area contributed by atoms with Crippen LogP contribution in [0, 0.1) is 0 Å². The second kappa shape index (κ2) is 10.5. The summed E-state index contributed by atoms with van der Waals surface area (Å²) in [6.45, 7) is 2.53. The molecule has 0 aromatic heterocycles. The maximum atomic E-state index is 11.7. The molecule has 1 unspecified atom stereocenters. The molecule has 0 fully saturated rings. The lowest BCUT2D eigenvalue weighted by atomic mass is 10.0. The molecule has 1 aromatic rings. The first kappa shape index (κ1) is 18.7. The van der Waals surface area contributed by atoms with Gasteiger partial charge in [-0.25, -0.2) is 0 Å². The number of rotatable bonds is 8. The van der Waals surface area contributed by atoms with E-state index in [1.54, 1.807) is 7.11 Å². The van der Waals surface area contributed by atoms with Crippen LogP contribution in [0.3, 0.4) is 0 Å². The number of nitrogens with two attached hydrogens (primary N) is 1. The number of hydrogen-bond donors (Lipinski definition) is 2. The second-order valence-electron chi connectivity index (χ2n) is 4.57. The van der Waals surface area contributed by atoms with Crippen molar-refractivity contribution in [3.05, 3.63) is 29.8 Å². The molecule has 0 radical (unpaired) electrons. The number of nitrogens with one attached hydrogen (secondary N) is 1. The molecule has 1 atom stereocenters. The van der Waals surface area contributed by atoms with Gasteiger partial charge in [-0.05, 0) is 24.1 Å². The third-order valence-electron chi connectivity index (χ3n) is 3.07. The van der Waals surface area contributed by atoms with E-state index in [0.717, 1.165) is 30.6 Å². The van der Waals surface area contributed by atoms with Gasteiger partial charge in [0.15, 0.2) is 0 Å². The Morgan fingerprint density at radius 1 is 1.35 bits per heavy atom. The molecule has 0 spiro atoms. The number of methoxy groups -OCH3 is 1. The summed E-state index contributed by atoms with van der Waals surface area (Å²) < 4.78 is 5.15. The molecule has 0 bridgehead atoms. The fourth-order valence-corrected chi connectivity index (χ4v) is 1.96. The molecule has 114 valence electrons. The fraction of sp³-hybridized carbons (Fsp3) is 0.533. The third-order valence-corrected chi connectivity index (χ3v) is 3.07. The van der Waals surface area contributed by atoms with Crippen LogP contribution >= 0.6 is 12.4 Å². The van der Waals surface area contributed by atoms with Crippen LogP contribution in [0.2, 0.25) is 0 Å². The maximum absolute atomic E-state index is 11.7. The normalized spacial score (nSPS) is 11.3. The molecule has 1 amide bonds. The Kier molecular flexibility index (Phi) is 9.86. The molecule has 0 aliphatic rings. The van der Waals surface area contributed by atoms with E-state index in [-0.39, 0.29) is 24.4 Å². The van der Waals surface area contributed by atoms with Crippen LogP contribution < -0.4 is 15.8 Å². The summed E-state index contributed by atoms with van der Waals surface area (Å²) in [5.74, 6) is 0.839. The van der Waals surface area contributed by atoms with Crippen molar-refractivity contribution in [2.24, 2.45) is 5.73 Å². The Morgan fingerprint density at radius 2 is 2.00 bits per heavy atom. The number of hydrogen-bond acceptors (Lipinski definition) is 3. The molecule has 0 aliphatic heterocycles. The van der Waals surface area contributed by atoms with Crippen LogP contribution in [-0.4, -0.2) is 19.6 Å². The van der Waals surface area contributed by atoms with Gasteiger partial charge in [0.2, 0.25) is 5.91 Å². The van der Waals surface area contributed by atoms with E-state index in [2.05, 4.69) is 12.2 Å². The quantitative estimate of drug-likeness (QED) is 0.776. The van der Waals surface area contributed by atoms with Gasteiger partial charge in [0, 0.05) is 13.0 Å². The zero-order valence-corrected chi connectivity index (χ0v) is 13.0. The lowest BCUT2D eigenvalue weighted by Gasteiger charge is -2.19. The molecular formula is C15H25ClN2O2. The van der Waals surface area contributed by atoms with Crippen LogP contribution in [0.4, 0.5) is 0 Å². The predicted molar refractivity (Wildman–Crippen MR) is 84.3 cm³/mol. The number of amides is 1. The summed E-state index contributed by atoms with van der Waals surface area (Å²) >= 11 is 0. The van der Waals surface area contributed by atoms with Crippen LogP contribution in [0.25, 0.3) is 0 Å². The Morgan fingerprint density at radius 3 is 2.50 bits per heavy atom. The Labute approximate surface area is 127 Å². The first-order valence-electron chi connectivity index (χ1n) is 6.84. The number of carbonyl (C=O) groups excluding carboxylic acids is 1. The van der Waals surface area contributed by atoms with Gasteiger partial charge in [-0.1, -0.05) is 31.9 Å². The van der Waals surface area contributed by atoms with Crippen LogP contribution in [0.15, 0.2) is 24.3 Å². The number of benzene rings is 1. The van der Waals surface area contributed by atoms with E-state index < -0.39 is 0 Å². The summed E-state index contributed by atoms with van der Waals surface area (Å²) in [4.78, 5) is 11.7. The minimum Gasteiger partial charge on any atom is -0.497 e. The third kappa shape index (κ3) is 6.26. The molecule has 3 N–H and O–H groups in total. The van der Waals surface area contributed by atoms with Gasteiger partial charge in [-0.3, -0.25) is 4.79 Å². The number of halogens is 1. The summed E-state index contributed by atoms with van der Waals surface area (Å²) in [7, 11) is 1.65. The zero-order chi connectivity index (χ0) is 14.1. The molecule has 1 aromatic carbocycles. The molecule has 0 aliphatic carbocycles. The predicted octanol–water partition coefficient (Wildman–Crippen LogP) is 2.81. The van der Waals surface area contributed by atoms with Gasteiger partial charge in [0.1, 0.15) is 5.75 Å². The van der Waals surface area contributed by atoms with Crippen molar-refractivity contribution in [2.45, 2.75) is 38.6 Å². The highest BCUT2D eigenvalue weighted by atomic mass is 35.5. The van der Waals surface area contributed by atoms with Crippen molar-refractivity contribution in [3.63, 3.8) is 0 Å². The molecule has 20 heavy (non-hydrogen) atoms. The van der Waals surface area contributed by atoms with Crippen LogP contribution in [-0.2, 0) is 4.79 Å². The Hall–Kier alpha value is -1.26. The van der Waals surface area contributed by atoms with E-state index in [4.69, 9.17) is 10.5 Å². The molecule has 0 saturated carbocycles. The lowest BCUT2D eigenvalue weighted by Crippen LogP contribution is -2.30. The van der Waals surface area contributed by atoms with E-state index >= 15 is 0 Å². The van der Waals surface area contributed by atoms with Crippen LogP contribution in [0.1, 0.15) is 44.2 Å². The highest BCUT2D eigenvalue weighted by Crippen LogP contribution is 2.22. The van der Waals surface area contributed by atoms with Crippen molar-refractivity contribution in [1.29, 1.82) is 0 Å². The van der Waals surface area contributed by atoms with E-state index in [1.807, 2.05) is 24.3 Å². The van der Waals surface area contributed by atoms with Crippen molar-refractivity contribution >= 4 is 18.3 Å². The molecule has 5 heteroatoms. The Balaban J connectivity index is 0.00000361. The smallest absolute Gasteiger partial charge is 0.221 e. The minimum atomic E-state index is 0. The topological polar surface area (TPSA) is 64.4 Å². The summed E-state index contributed by atoms with van der Waals surface area (Å²) in [6.07, 6.45) is 3.51. The minimum absolute atomic E-state index is 0. The van der Waals surface area contributed by atoms with Gasteiger partial charge >= 0.3 is 0 Å². The van der Waals surface area contributed by atoms with E-state index in [1.165, 1.54) is 0 Å². The van der Waals surface area contributed by atoms with E-state index in [9.17, 15) is 4.79 Å². The van der Waals surface area contributed by atoms with E-state index in [0.29, 0.717) is 13.0 Å². The van der Waals surface area contributed by atoms with Gasteiger partial charge in [-0.2, -0.15) is 0 Å². The van der Waals surface area contributed by atoms with Gasteiger partial charge in [0.25, 0.3) is 0 Å². The monoisotopic (exact) mass is 300 g/mol. The number of carbonyl (C=O) groups is 1. The average Bonchev–Trinajstić information content (AvgIpc) is 2.44. The SMILES string of the molecule is CCCCC(NC(=O)CCN)c1ccc(OC)cc1.Cl.